The van der Waals surface area contributed by atoms with E-state index in [2.05, 4.69) is 0 Å². The predicted octanol–water partition coefficient (Wildman–Crippen LogP) is 5.09. The Morgan fingerprint density at radius 3 is 2.30 bits per heavy atom. The van der Waals surface area contributed by atoms with Crippen molar-refractivity contribution in [2.45, 2.75) is 33.2 Å². The lowest BCUT2D eigenvalue weighted by atomic mass is 9.98. The third-order valence-electron chi connectivity index (χ3n) is 5.49. The minimum Gasteiger partial charge on any atom is -0.507 e. The maximum absolute atomic E-state index is 13.1. The van der Waals surface area contributed by atoms with Crippen molar-refractivity contribution in [3.8, 4) is 0 Å². The summed E-state index contributed by atoms with van der Waals surface area (Å²) in [7, 11) is 0. The zero-order valence-electron chi connectivity index (χ0n) is 17.2. The molecular formula is C25H23NO4. The second-order valence-corrected chi connectivity index (χ2v) is 7.45. The van der Waals surface area contributed by atoms with E-state index in [1.54, 1.807) is 37.3 Å². The molecule has 1 N–H and O–H groups in total. The summed E-state index contributed by atoms with van der Waals surface area (Å²) < 4.78 is 5.82. The van der Waals surface area contributed by atoms with E-state index in [4.69, 9.17) is 4.42 Å². The Labute approximate surface area is 175 Å². The Morgan fingerprint density at radius 2 is 1.70 bits per heavy atom. The Kier molecular flexibility index (Phi) is 5.04. The molecule has 3 aromatic rings. The van der Waals surface area contributed by atoms with Crippen LogP contribution in [0.4, 0.5) is 5.69 Å². The lowest BCUT2D eigenvalue weighted by Gasteiger charge is -2.25. The number of aliphatic hydroxyl groups excluding tert-OH is 1. The molecule has 2 aromatic carbocycles. The number of carbonyl (C=O) groups is 2. The van der Waals surface area contributed by atoms with Crippen molar-refractivity contribution in [2.24, 2.45) is 0 Å². The lowest BCUT2D eigenvalue weighted by molar-refractivity contribution is -0.132. The lowest BCUT2D eigenvalue weighted by Crippen LogP contribution is -2.29. The number of carbonyl (C=O) groups excluding carboxylic acids is 2. The number of amides is 1. The highest BCUT2D eigenvalue weighted by atomic mass is 16.3. The molecule has 1 saturated heterocycles. The summed E-state index contributed by atoms with van der Waals surface area (Å²) in [4.78, 5) is 27.6. The fourth-order valence-corrected chi connectivity index (χ4v) is 3.84. The minimum atomic E-state index is -0.842. The molecule has 152 valence electrons. The van der Waals surface area contributed by atoms with Gasteiger partial charge in [-0.1, -0.05) is 49.4 Å². The van der Waals surface area contributed by atoms with Crippen molar-refractivity contribution in [3.05, 3.63) is 94.4 Å². The minimum absolute atomic E-state index is 0.0295. The molecule has 0 radical (unpaired) electrons. The molecule has 1 aliphatic heterocycles. The number of rotatable bonds is 4. The second-order valence-electron chi connectivity index (χ2n) is 7.45. The number of benzene rings is 2. The van der Waals surface area contributed by atoms with Crippen LogP contribution in [0, 0.1) is 13.8 Å². The first-order valence-corrected chi connectivity index (χ1v) is 9.94. The highest BCUT2D eigenvalue weighted by Gasteiger charge is 2.48. The van der Waals surface area contributed by atoms with E-state index < -0.39 is 17.7 Å². The van der Waals surface area contributed by atoms with Crippen LogP contribution in [0.5, 0.6) is 0 Å². The van der Waals surface area contributed by atoms with Gasteiger partial charge in [0.15, 0.2) is 0 Å². The molecule has 0 saturated carbocycles. The number of para-hydroxylation sites is 1. The monoisotopic (exact) mass is 401 g/mol. The molecule has 0 bridgehead atoms. The number of aliphatic hydroxyl groups is 1. The van der Waals surface area contributed by atoms with Crippen LogP contribution < -0.4 is 4.90 Å². The van der Waals surface area contributed by atoms with Crippen LogP contribution in [0.2, 0.25) is 0 Å². The van der Waals surface area contributed by atoms with E-state index >= 15 is 0 Å². The SMILES string of the molecule is CCc1ccc(/C(O)=C2/C(=O)C(=O)N(c3ccccc3C)C2c2ccc(C)o2)cc1. The highest BCUT2D eigenvalue weighted by molar-refractivity contribution is 6.51. The van der Waals surface area contributed by atoms with Crippen LogP contribution in [0.25, 0.3) is 5.76 Å². The molecule has 1 unspecified atom stereocenters. The van der Waals surface area contributed by atoms with Gasteiger partial charge in [0.1, 0.15) is 23.3 Å². The third-order valence-corrected chi connectivity index (χ3v) is 5.49. The van der Waals surface area contributed by atoms with Crippen LogP contribution in [-0.2, 0) is 16.0 Å². The van der Waals surface area contributed by atoms with Crippen LogP contribution in [-0.4, -0.2) is 16.8 Å². The number of Topliss-reactive ketones (excluding diaryl/α,β-unsaturated/α-hetero) is 1. The molecule has 5 nitrogen and oxygen atoms in total. The fraction of sp³-hybridized carbons (Fsp3) is 0.200. The summed E-state index contributed by atoms with van der Waals surface area (Å²) in [5, 5.41) is 11.1. The van der Waals surface area contributed by atoms with Crippen LogP contribution in [0.3, 0.4) is 0 Å². The summed E-state index contributed by atoms with van der Waals surface area (Å²) in [6, 6.07) is 17.4. The molecule has 30 heavy (non-hydrogen) atoms. The molecule has 1 aromatic heterocycles. The molecule has 5 heteroatoms. The van der Waals surface area contributed by atoms with Gasteiger partial charge in [0.2, 0.25) is 0 Å². The van der Waals surface area contributed by atoms with Gasteiger partial charge in [-0.3, -0.25) is 14.5 Å². The molecule has 0 spiro atoms. The zero-order valence-corrected chi connectivity index (χ0v) is 17.2. The molecule has 1 atom stereocenters. The standard InChI is InChI=1S/C25H23NO4/c1-4-17-10-12-18(13-11-17)23(27)21-22(20-14-9-16(3)30-20)26(25(29)24(21)28)19-8-6-5-7-15(19)2/h5-14,22,27H,4H2,1-3H3/b23-21-. The first kappa shape index (κ1) is 19.7. The number of furan rings is 1. The summed E-state index contributed by atoms with van der Waals surface area (Å²) in [5.74, 6) is -0.523. The van der Waals surface area contributed by atoms with E-state index in [9.17, 15) is 14.7 Å². The predicted molar refractivity (Wildman–Crippen MR) is 115 cm³/mol. The Hall–Kier alpha value is -3.60. The van der Waals surface area contributed by atoms with Crippen LogP contribution in [0.1, 0.15) is 41.2 Å². The average molecular weight is 401 g/mol. The third kappa shape index (κ3) is 3.22. The highest BCUT2D eigenvalue weighted by Crippen LogP contribution is 2.43. The van der Waals surface area contributed by atoms with Gasteiger partial charge in [0.05, 0.1) is 5.57 Å². The van der Waals surface area contributed by atoms with Gasteiger partial charge in [-0.2, -0.15) is 0 Å². The molecule has 0 aliphatic carbocycles. The topological polar surface area (TPSA) is 70.8 Å². The van der Waals surface area contributed by atoms with E-state index in [-0.39, 0.29) is 11.3 Å². The van der Waals surface area contributed by atoms with E-state index in [0.29, 0.717) is 22.8 Å². The molecular weight excluding hydrogens is 378 g/mol. The molecule has 4 rings (SSSR count). The summed E-state index contributed by atoms with van der Waals surface area (Å²) in [6.45, 7) is 5.72. The van der Waals surface area contributed by atoms with E-state index in [1.807, 2.05) is 44.2 Å². The maximum atomic E-state index is 13.1. The van der Waals surface area contributed by atoms with Gasteiger partial charge in [-0.05, 0) is 49.6 Å². The fourth-order valence-electron chi connectivity index (χ4n) is 3.84. The van der Waals surface area contributed by atoms with Gasteiger partial charge < -0.3 is 9.52 Å². The largest absolute Gasteiger partial charge is 0.507 e. The van der Waals surface area contributed by atoms with Crippen molar-refractivity contribution in [2.75, 3.05) is 4.90 Å². The first-order valence-electron chi connectivity index (χ1n) is 9.94. The maximum Gasteiger partial charge on any atom is 0.300 e. The smallest absolute Gasteiger partial charge is 0.300 e. The number of hydrogen-bond acceptors (Lipinski definition) is 4. The van der Waals surface area contributed by atoms with Gasteiger partial charge in [0.25, 0.3) is 11.7 Å². The number of nitrogens with zero attached hydrogens (tertiary/aromatic N) is 1. The van der Waals surface area contributed by atoms with Gasteiger partial charge in [-0.25, -0.2) is 0 Å². The Balaban J connectivity index is 1.93. The van der Waals surface area contributed by atoms with Crippen molar-refractivity contribution < 1.29 is 19.1 Å². The number of aryl methyl sites for hydroxylation is 3. The average Bonchev–Trinajstić information content (AvgIpc) is 3.29. The Morgan fingerprint density at radius 1 is 1.00 bits per heavy atom. The van der Waals surface area contributed by atoms with E-state index in [1.165, 1.54) is 4.90 Å². The second kappa shape index (κ2) is 7.67. The van der Waals surface area contributed by atoms with E-state index in [0.717, 1.165) is 17.5 Å². The number of ketones is 1. The molecule has 1 amide bonds. The van der Waals surface area contributed by atoms with Gasteiger partial charge in [0, 0.05) is 11.3 Å². The summed E-state index contributed by atoms with van der Waals surface area (Å²) in [6.07, 6.45) is 0.865. The number of anilines is 1. The normalized spacial score (nSPS) is 18.2. The zero-order chi connectivity index (χ0) is 21.4. The van der Waals surface area contributed by atoms with Crippen molar-refractivity contribution in [1.82, 2.24) is 0 Å². The first-order chi connectivity index (χ1) is 14.4. The van der Waals surface area contributed by atoms with Crippen LogP contribution in [0.15, 0.2) is 70.7 Å². The van der Waals surface area contributed by atoms with Gasteiger partial charge in [-0.15, -0.1) is 0 Å². The van der Waals surface area contributed by atoms with Crippen molar-refractivity contribution >= 4 is 23.1 Å². The van der Waals surface area contributed by atoms with Gasteiger partial charge >= 0.3 is 0 Å². The summed E-state index contributed by atoms with van der Waals surface area (Å²) >= 11 is 0. The molecule has 1 aliphatic rings. The molecule has 1 fully saturated rings. The quantitative estimate of drug-likeness (QED) is 0.376. The number of hydrogen-bond donors (Lipinski definition) is 1. The Bertz CT molecular complexity index is 1150. The summed E-state index contributed by atoms with van der Waals surface area (Å²) in [5.41, 5.74) is 3.09. The van der Waals surface area contributed by atoms with Crippen LogP contribution >= 0.6 is 0 Å². The molecule has 2 heterocycles. The van der Waals surface area contributed by atoms with Crippen molar-refractivity contribution in [1.29, 1.82) is 0 Å². The van der Waals surface area contributed by atoms with Crippen molar-refractivity contribution in [3.63, 3.8) is 0 Å².